The van der Waals surface area contributed by atoms with Gasteiger partial charge in [0.25, 0.3) is 0 Å². The summed E-state index contributed by atoms with van der Waals surface area (Å²) in [7, 11) is -1.42. The molecule has 1 rings (SSSR count). The molecule has 0 fully saturated rings. The molecule has 3 atom stereocenters. The summed E-state index contributed by atoms with van der Waals surface area (Å²) >= 11 is 0. The van der Waals surface area contributed by atoms with Crippen LogP contribution in [-0.2, 0) is 0 Å². The fraction of sp³-hybridized carbons (Fsp3) is 0.667. The van der Waals surface area contributed by atoms with Gasteiger partial charge in [-0.25, -0.2) is 0 Å². The van der Waals surface area contributed by atoms with Gasteiger partial charge >= 0.3 is 0 Å². The SMILES string of the molecule is CC1=CC[C@H](C(C)C)C=C1C(O)[C@H](O)CC#C[Si](C)(C)C. The molecular formula is C18H30O2Si. The Morgan fingerprint density at radius 1 is 1.29 bits per heavy atom. The van der Waals surface area contributed by atoms with Gasteiger partial charge in [0.15, 0.2) is 0 Å². The molecule has 0 saturated heterocycles. The van der Waals surface area contributed by atoms with E-state index in [4.69, 9.17) is 0 Å². The van der Waals surface area contributed by atoms with Gasteiger partial charge < -0.3 is 10.2 Å². The van der Waals surface area contributed by atoms with Crippen LogP contribution < -0.4 is 0 Å². The summed E-state index contributed by atoms with van der Waals surface area (Å²) in [5.74, 6) is 4.03. The number of rotatable bonds is 4. The molecule has 0 aliphatic heterocycles. The molecule has 0 aromatic carbocycles. The quantitative estimate of drug-likeness (QED) is 0.616. The largest absolute Gasteiger partial charge is 0.389 e. The lowest BCUT2D eigenvalue weighted by Gasteiger charge is -2.27. The van der Waals surface area contributed by atoms with Crippen molar-refractivity contribution < 1.29 is 10.2 Å². The minimum atomic E-state index is -1.42. The van der Waals surface area contributed by atoms with Gasteiger partial charge in [0.2, 0.25) is 0 Å². The van der Waals surface area contributed by atoms with Gasteiger partial charge in [-0.2, -0.15) is 0 Å². The average Bonchev–Trinajstić information content (AvgIpc) is 2.36. The van der Waals surface area contributed by atoms with Gasteiger partial charge in [0, 0.05) is 6.42 Å². The van der Waals surface area contributed by atoms with Gasteiger partial charge in [-0.3, -0.25) is 0 Å². The van der Waals surface area contributed by atoms with Crippen molar-refractivity contribution in [2.75, 3.05) is 0 Å². The molecule has 1 aliphatic rings. The summed E-state index contributed by atoms with van der Waals surface area (Å²) in [4.78, 5) is 0. The second kappa shape index (κ2) is 7.44. The van der Waals surface area contributed by atoms with E-state index in [0.29, 0.717) is 18.3 Å². The van der Waals surface area contributed by atoms with Crippen LogP contribution in [-0.4, -0.2) is 30.5 Å². The van der Waals surface area contributed by atoms with Crippen LogP contribution in [0.3, 0.4) is 0 Å². The van der Waals surface area contributed by atoms with E-state index in [1.54, 1.807) is 0 Å². The molecule has 0 aromatic rings. The van der Waals surface area contributed by atoms with E-state index in [0.717, 1.165) is 17.6 Å². The summed E-state index contributed by atoms with van der Waals surface area (Å²) in [5, 5.41) is 20.6. The monoisotopic (exact) mass is 306 g/mol. The van der Waals surface area contributed by atoms with Crippen molar-refractivity contribution in [2.45, 2.75) is 65.5 Å². The zero-order chi connectivity index (χ0) is 16.2. The molecule has 0 amide bonds. The summed E-state index contributed by atoms with van der Waals surface area (Å²) in [6.07, 6.45) is 4.02. The summed E-state index contributed by atoms with van der Waals surface area (Å²) in [6.45, 7) is 12.9. The van der Waals surface area contributed by atoms with Crippen molar-refractivity contribution in [3.8, 4) is 11.5 Å². The average molecular weight is 307 g/mol. The molecule has 118 valence electrons. The molecule has 0 heterocycles. The van der Waals surface area contributed by atoms with Gasteiger partial charge in [-0.15, -0.1) is 11.5 Å². The zero-order valence-electron chi connectivity index (χ0n) is 14.3. The maximum absolute atomic E-state index is 10.4. The molecule has 21 heavy (non-hydrogen) atoms. The van der Waals surface area contributed by atoms with E-state index >= 15 is 0 Å². The first-order valence-corrected chi connectivity index (χ1v) is 11.4. The Bertz CT molecular complexity index is 472. The molecule has 2 N–H and O–H groups in total. The van der Waals surface area contributed by atoms with Crippen molar-refractivity contribution >= 4 is 8.07 Å². The van der Waals surface area contributed by atoms with Crippen LogP contribution in [0.2, 0.25) is 19.6 Å². The van der Waals surface area contributed by atoms with Gasteiger partial charge in [0.05, 0.1) is 6.10 Å². The highest BCUT2D eigenvalue weighted by molar-refractivity contribution is 6.83. The van der Waals surface area contributed by atoms with Gasteiger partial charge in [-0.1, -0.05) is 45.6 Å². The lowest BCUT2D eigenvalue weighted by molar-refractivity contribution is 0.0460. The van der Waals surface area contributed by atoms with Crippen molar-refractivity contribution in [3.05, 3.63) is 23.3 Å². The predicted molar refractivity (Wildman–Crippen MR) is 92.5 cm³/mol. The van der Waals surface area contributed by atoms with Gasteiger partial charge in [0.1, 0.15) is 14.2 Å². The Morgan fingerprint density at radius 3 is 2.43 bits per heavy atom. The molecule has 0 bridgehead atoms. The third kappa shape index (κ3) is 5.82. The van der Waals surface area contributed by atoms with Crippen LogP contribution in [0.1, 0.15) is 33.6 Å². The topological polar surface area (TPSA) is 40.5 Å². The van der Waals surface area contributed by atoms with Crippen molar-refractivity contribution in [1.82, 2.24) is 0 Å². The molecule has 1 aliphatic carbocycles. The standard InChI is InChI=1S/C18H30O2Si/c1-13(2)15-10-9-14(3)16(12-15)18(20)17(19)8-7-11-21(4,5)6/h9,12-13,15,17-20H,8,10H2,1-6H3/t15-,17+,18?/m0/s1. The lowest BCUT2D eigenvalue weighted by atomic mass is 9.81. The zero-order valence-corrected chi connectivity index (χ0v) is 15.3. The first-order chi connectivity index (χ1) is 9.61. The van der Waals surface area contributed by atoms with Crippen LogP contribution in [0.5, 0.6) is 0 Å². The van der Waals surface area contributed by atoms with Crippen LogP contribution in [0.25, 0.3) is 0 Å². The second-order valence-electron chi connectivity index (χ2n) is 7.42. The number of hydrogen-bond acceptors (Lipinski definition) is 2. The minimum absolute atomic E-state index is 0.336. The number of allylic oxidation sites excluding steroid dienone is 2. The Morgan fingerprint density at radius 2 is 1.90 bits per heavy atom. The first kappa shape index (κ1) is 18.2. The summed E-state index contributed by atoms with van der Waals surface area (Å²) in [6, 6.07) is 0. The highest BCUT2D eigenvalue weighted by Crippen LogP contribution is 2.30. The lowest BCUT2D eigenvalue weighted by Crippen LogP contribution is -2.30. The van der Waals surface area contributed by atoms with Crippen molar-refractivity contribution in [1.29, 1.82) is 0 Å². The maximum Gasteiger partial charge on any atom is 0.129 e. The normalized spacial score (nSPS) is 22.0. The van der Waals surface area contributed by atoms with E-state index in [1.165, 1.54) is 0 Å². The van der Waals surface area contributed by atoms with Gasteiger partial charge in [-0.05, 0) is 36.3 Å². The number of aliphatic hydroxyl groups excluding tert-OH is 2. The Hall–Kier alpha value is -0.823. The molecule has 3 heteroatoms. The summed E-state index contributed by atoms with van der Waals surface area (Å²) < 4.78 is 0. The minimum Gasteiger partial charge on any atom is -0.389 e. The Kier molecular flexibility index (Phi) is 6.46. The molecular weight excluding hydrogens is 276 g/mol. The third-order valence-electron chi connectivity index (χ3n) is 3.86. The Labute approximate surface area is 131 Å². The molecule has 0 spiro atoms. The number of aliphatic hydroxyl groups is 2. The highest BCUT2D eigenvalue weighted by Gasteiger charge is 2.25. The second-order valence-corrected chi connectivity index (χ2v) is 12.2. The van der Waals surface area contributed by atoms with Crippen molar-refractivity contribution in [3.63, 3.8) is 0 Å². The number of hydrogen-bond donors (Lipinski definition) is 2. The smallest absolute Gasteiger partial charge is 0.129 e. The van der Waals surface area contributed by atoms with E-state index in [9.17, 15) is 10.2 Å². The predicted octanol–water partition coefficient (Wildman–Crippen LogP) is 3.53. The van der Waals surface area contributed by atoms with E-state index < -0.39 is 20.3 Å². The van der Waals surface area contributed by atoms with Crippen molar-refractivity contribution in [2.24, 2.45) is 11.8 Å². The fourth-order valence-electron chi connectivity index (χ4n) is 2.40. The molecule has 0 saturated carbocycles. The van der Waals surface area contributed by atoms with Crippen LogP contribution in [0.15, 0.2) is 23.3 Å². The molecule has 2 nitrogen and oxygen atoms in total. The van der Waals surface area contributed by atoms with E-state index in [-0.39, 0.29) is 0 Å². The van der Waals surface area contributed by atoms with E-state index in [2.05, 4.69) is 57.1 Å². The third-order valence-corrected chi connectivity index (χ3v) is 4.79. The molecule has 1 unspecified atom stereocenters. The van der Waals surface area contributed by atoms with Crippen LogP contribution in [0.4, 0.5) is 0 Å². The highest BCUT2D eigenvalue weighted by atomic mass is 28.3. The van der Waals surface area contributed by atoms with Crippen LogP contribution in [0, 0.1) is 23.3 Å². The van der Waals surface area contributed by atoms with Crippen LogP contribution >= 0.6 is 0 Å². The molecule has 0 aromatic heterocycles. The van der Waals surface area contributed by atoms with E-state index in [1.807, 2.05) is 6.92 Å². The fourth-order valence-corrected chi connectivity index (χ4v) is 3.03. The Balaban J connectivity index is 2.78. The molecule has 0 radical (unpaired) electrons. The maximum atomic E-state index is 10.4. The summed E-state index contributed by atoms with van der Waals surface area (Å²) in [5.41, 5.74) is 5.19. The first-order valence-electron chi connectivity index (χ1n) is 7.87.